The van der Waals surface area contributed by atoms with E-state index in [9.17, 15) is 8.42 Å². The maximum absolute atomic E-state index is 12.4. The van der Waals surface area contributed by atoms with Crippen LogP contribution in [0.15, 0.2) is 47.6 Å². The number of benzene rings is 1. The van der Waals surface area contributed by atoms with Gasteiger partial charge >= 0.3 is 0 Å². The molecule has 3 N–H and O–H groups in total. The maximum atomic E-state index is 12.4. The average molecular weight is 291 g/mol. The number of sulfonamides is 1. The molecule has 0 saturated heterocycles. The predicted molar refractivity (Wildman–Crippen MR) is 78.5 cm³/mol. The van der Waals surface area contributed by atoms with Crippen LogP contribution in [0.25, 0.3) is 0 Å². The molecule has 2 rings (SSSR count). The van der Waals surface area contributed by atoms with E-state index in [4.69, 9.17) is 5.73 Å². The zero-order valence-electron chi connectivity index (χ0n) is 11.2. The summed E-state index contributed by atoms with van der Waals surface area (Å²) >= 11 is 0. The molecule has 6 heteroatoms. The van der Waals surface area contributed by atoms with Crippen molar-refractivity contribution >= 4 is 15.7 Å². The van der Waals surface area contributed by atoms with Gasteiger partial charge in [-0.1, -0.05) is 19.1 Å². The number of aromatic nitrogens is 1. The fourth-order valence-electron chi connectivity index (χ4n) is 1.87. The molecular formula is C14H17N3O2S. The van der Waals surface area contributed by atoms with Crippen LogP contribution in [0, 0.1) is 0 Å². The molecule has 1 aromatic heterocycles. The predicted octanol–water partition coefficient (Wildman–Crippen LogP) is 1.70. The van der Waals surface area contributed by atoms with Crippen molar-refractivity contribution < 1.29 is 8.42 Å². The number of aryl methyl sites for hydroxylation is 1. The molecule has 0 aliphatic heterocycles. The molecule has 0 fully saturated rings. The van der Waals surface area contributed by atoms with Crippen molar-refractivity contribution in [2.45, 2.75) is 24.8 Å². The number of rotatable bonds is 5. The van der Waals surface area contributed by atoms with Crippen LogP contribution in [0.3, 0.4) is 0 Å². The van der Waals surface area contributed by atoms with Crippen molar-refractivity contribution in [3.8, 4) is 0 Å². The van der Waals surface area contributed by atoms with Gasteiger partial charge in [-0.15, -0.1) is 0 Å². The monoisotopic (exact) mass is 291 g/mol. The Morgan fingerprint density at radius 3 is 2.75 bits per heavy atom. The molecule has 20 heavy (non-hydrogen) atoms. The third-order valence-electron chi connectivity index (χ3n) is 2.95. The van der Waals surface area contributed by atoms with Crippen molar-refractivity contribution in [1.82, 2.24) is 9.71 Å². The smallest absolute Gasteiger partial charge is 0.241 e. The van der Waals surface area contributed by atoms with Gasteiger partial charge in [0.2, 0.25) is 10.0 Å². The highest BCUT2D eigenvalue weighted by Gasteiger charge is 2.17. The van der Waals surface area contributed by atoms with Crippen molar-refractivity contribution in [1.29, 1.82) is 0 Å². The lowest BCUT2D eigenvalue weighted by Gasteiger charge is -2.11. The first-order valence-corrected chi connectivity index (χ1v) is 7.78. The van der Waals surface area contributed by atoms with Crippen molar-refractivity contribution in [2.24, 2.45) is 0 Å². The third-order valence-corrected chi connectivity index (χ3v) is 4.43. The number of nitrogens with zero attached hydrogens (tertiary/aromatic N) is 1. The van der Waals surface area contributed by atoms with Gasteiger partial charge in [0, 0.05) is 24.6 Å². The zero-order chi connectivity index (χ0) is 14.6. The summed E-state index contributed by atoms with van der Waals surface area (Å²) in [5.41, 5.74) is 7.67. The second-order valence-corrected chi connectivity index (χ2v) is 6.14. The number of hydrogen-bond acceptors (Lipinski definition) is 4. The Balaban J connectivity index is 2.24. The van der Waals surface area contributed by atoms with Crippen LogP contribution in [0.5, 0.6) is 0 Å². The van der Waals surface area contributed by atoms with E-state index < -0.39 is 10.0 Å². The van der Waals surface area contributed by atoms with Crippen LogP contribution in [0.2, 0.25) is 0 Å². The summed E-state index contributed by atoms with van der Waals surface area (Å²) < 4.78 is 27.3. The molecule has 0 aliphatic rings. The first-order chi connectivity index (χ1) is 9.53. The summed E-state index contributed by atoms with van der Waals surface area (Å²) in [5, 5.41) is 0. The van der Waals surface area contributed by atoms with Gasteiger partial charge in [-0.3, -0.25) is 4.98 Å². The number of hydrogen-bond donors (Lipinski definition) is 2. The summed E-state index contributed by atoms with van der Waals surface area (Å²) in [6.45, 7) is 2.11. The number of nitrogen functional groups attached to an aromatic ring is 1. The lowest BCUT2D eigenvalue weighted by molar-refractivity contribution is 0.580. The SMILES string of the molecule is CCc1ccc(N)cc1S(=O)(=O)NCc1cccnc1. The highest BCUT2D eigenvalue weighted by Crippen LogP contribution is 2.19. The van der Waals surface area contributed by atoms with E-state index >= 15 is 0 Å². The Hall–Kier alpha value is -1.92. The third kappa shape index (κ3) is 3.34. The summed E-state index contributed by atoms with van der Waals surface area (Å²) in [4.78, 5) is 4.19. The molecule has 1 heterocycles. The molecule has 0 spiro atoms. The molecule has 0 saturated carbocycles. The summed E-state index contributed by atoms with van der Waals surface area (Å²) in [7, 11) is -3.58. The van der Waals surface area contributed by atoms with E-state index in [1.54, 1.807) is 30.6 Å². The van der Waals surface area contributed by atoms with Crippen LogP contribution < -0.4 is 10.5 Å². The first-order valence-electron chi connectivity index (χ1n) is 6.30. The minimum atomic E-state index is -3.58. The van der Waals surface area contributed by atoms with Gasteiger partial charge in [-0.25, -0.2) is 13.1 Å². The minimum absolute atomic E-state index is 0.203. The Labute approximate surface area is 118 Å². The van der Waals surface area contributed by atoms with Crippen LogP contribution >= 0.6 is 0 Å². The van der Waals surface area contributed by atoms with Gasteiger partial charge in [0.05, 0.1) is 4.90 Å². The highest BCUT2D eigenvalue weighted by molar-refractivity contribution is 7.89. The summed E-state index contributed by atoms with van der Waals surface area (Å²) in [6.07, 6.45) is 3.90. The molecule has 0 aliphatic carbocycles. The Morgan fingerprint density at radius 2 is 2.10 bits per heavy atom. The maximum Gasteiger partial charge on any atom is 0.241 e. The van der Waals surface area contributed by atoms with Gasteiger partial charge in [-0.2, -0.15) is 0 Å². The molecule has 106 valence electrons. The Morgan fingerprint density at radius 1 is 1.30 bits per heavy atom. The molecule has 5 nitrogen and oxygen atoms in total. The largest absolute Gasteiger partial charge is 0.399 e. The Bertz CT molecular complexity index is 685. The summed E-state index contributed by atoms with van der Waals surface area (Å²) in [5.74, 6) is 0. The first kappa shape index (κ1) is 14.5. The van der Waals surface area contributed by atoms with E-state index in [2.05, 4.69) is 9.71 Å². The van der Waals surface area contributed by atoms with Gasteiger partial charge in [-0.05, 0) is 35.7 Å². The zero-order valence-corrected chi connectivity index (χ0v) is 12.0. The fraction of sp³-hybridized carbons (Fsp3) is 0.214. The number of anilines is 1. The Kier molecular flexibility index (Phi) is 4.36. The van der Waals surface area contributed by atoms with Crippen LogP contribution in [0.1, 0.15) is 18.1 Å². The van der Waals surface area contributed by atoms with Crippen molar-refractivity contribution in [2.75, 3.05) is 5.73 Å². The number of nitrogens with one attached hydrogen (secondary N) is 1. The standard InChI is InChI=1S/C14H17N3O2S/c1-2-12-5-6-13(15)8-14(12)20(18,19)17-10-11-4-3-7-16-9-11/h3-9,17H,2,10,15H2,1H3. The van der Waals surface area contributed by atoms with Gasteiger partial charge in [0.1, 0.15) is 0 Å². The van der Waals surface area contributed by atoms with E-state index in [0.717, 1.165) is 11.1 Å². The molecule has 1 aromatic carbocycles. The minimum Gasteiger partial charge on any atom is -0.399 e. The van der Waals surface area contributed by atoms with Crippen LogP contribution in [-0.4, -0.2) is 13.4 Å². The molecule has 0 unspecified atom stereocenters. The molecule has 0 atom stereocenters. The van der Waals surface area contributed by atoms with E-state index in [1.807, 2.05) is 13.0 Å². The van der Waals surface area contributed by atoms with Gasteiger partial charge in [0.15, 0.2) is 0 Å². The highest BCUT2D eigenvalue weighted by atomic mass is 32.2. The second-order valence-electron chi connectivity index (χ2n) is 4.41. The van der Waals surface area contributed by atoms with Crippen LogP contribution in [0.4, 0.5) is 5.69 Å². The number of nitrogens with two attached hydrogens (primary N) is 1. The van der Waals surface area contributed by atoms with E-state index in [1.165, 1.54) is 6.07 Å². The topological polar surface area (TPSA) is 85.1 Å². The van der Waals surface area contributed by atoms with E-state index in [0.29, 0.717) is 12.1 Å². The lowest BCUT2D eigenvalue weighted by Crippen LogP contribution is -2.24. The average Bonchev–Trinajstić information content (AvgIpc) is 2.46. The lowest BCUT2D eigenvalue weighted by atomic mass is 10.1. The fourth-order valence-corrected chi connectivity index (χ4v) is 3.23. The van der Waals surface area contributed by atoms with Crippen molar-refractivity contribution in [3.63, 3.8) is 0 Å². The van der Waals surface area contributed by atoms with Gasteiger partial charge < -0.3 is 5.73 Å². The quantitative estimate of drug-likeness (QED) is 0.821. The molecule has 2 aromatic rings. The van der Waals surface area contributed by atoms with Crippen molar-refractivity contribution in [3.05, 3.63) is 53.9 Å². The molecule has 0 bridgehead atoms. The molecule has 0 amide bonds. The molecular weight excluding hydrogens is 274 g/mol. The van der Waals surface area contributed by atoms with E-state index in [-0.39, 0.29) is 11.4 Å². The normalized spacial score (nSPS) is 11.4. The number of pyridine rings is 1. The second kappa shape index (κ2) is 6.02. The summed E-state index contributed by atoms with van der Waals surface area (Å²) in [6, 6.07) is 8.52. The molecule has 0 radical (unpaired) electrons. The van der Waals surface area contributed by atoms with Gasteiger partial charge in [0.25, 0.3) is 0 Å². The van der Waals surface area contributed by atoms with Crippen LogP contribution in [-0.2, 0) is 23.0 Å².